The zero-order valence-electron chi connectivity index (χ0n) is 15.3. The highest BCUT2D eigenvalue weighted by atomic mass is 16.5. The van der Waals surface area contributed by atoms with Crippen molar-refractivity contribution in [2.45, 2.75) is 65.2 Å². The van der Waals surface area contributed by atoms with Gasteiger partial charge < -0.3 is 10.1 Å². The van der Waals surface area contributed by atoms with Crippen molar-refractivity contribution in [2.24, 2.45) is 5.92 Å². The van der Waals surface area contributed by atoms with Gasteiger partial charge in [-0.2, -0.15) is 0 Å². The summed E-state index contributed by atoms with van der Waals surface area (Å²) in [6, 6.07) is 6.75. The zero-order valence-corrected chi connectivity index (χ0v) is 15.3. The van der Waals surface area contributed by atoms with Crippen molar-refractivity contribution in [3.05, 3.63) is 29.3 Å². The van der Waals surface area contributed by atoms with E-state index in [-0.39, 0.29) is 10.8 Å². The molecule has 0 spiro atoms. The van der Waals surface area contributed by atoms with Crippen LogP contribution >= 0.6 is 0 Å². The van der Waals surface area contributed by atoms with Crippen molar-refractivity contribution < 1.29 is 4.74 Å². The summed E-state index contributed by atoms with van der Waals surface area (Å²) in [7, 11) is 0. The van der Waals surface area contributed by atoms with Crippen LogP contribution in [0.3, 0.4) is 0 Å². The Morgan fingerprint density at radius 2 is 1.82 bits per heavy atom. The summed E-state index contributed by atoms with van der Waals surface area (Å²) >= 11 is 0. The second-order valence-electron chi connectivity index (χ2n) is 8.73. The maximum absolute atomic E-state index is 6.23. The maximum atomic E-state index is 6.23. The first-order valence-electron chi connectivity index (χ1n) is 8.66. The summed E-state index contributed by atoms with van der Waals surface area (Å²) in [6.45, 7) is 16.7. The Balaban J connectivity index is 2.18. The predicted octanol–water partition coefficient (Wildman–Crippen LogP) is 4.66. The third-order valence-electron chi connectivity index (χ3n) is 4.53. The zero-order chi connectivity index (χ0) is 16.4. The van der Waals surface area contributed by atoms with Gasteiger partial charge in [0.05, 0.1) is 6.61 Å². The standard InChI is InChI=1S/C20H33NO/c1-19(2,3)16-9-10-18(17(12-16)20(4,5)6)22-14-15-8-7-11-21-13-15/h9-10,12,15,21H,7-8,11,13-14H2,1-6H3/t15-/m0/s1. The van der Waals surface area contributed by atoms with Crippen LogP contribution in [0.5, 0.6) is 5.75 Å². The quantitative estimate of drug-likeness (QED) is 0.877. The minimum Gasteiger partial charge on any atom is -0.493 e. The molecule has 1 atom stereocenters. The molecule has 0 aliphatic carbocycles. The smallest absolute Gasteiger partial charge is 0.123 e. The molecule has 1 aromatic carbocycles. The Labute approximate surface area is 136 Å². The van der Waals surface area contributed by atoms with Crippen LogP contribution in [0.25, 0.3) is 0 Å². The lowest BCUT2D eigenvalue weighted by Gasteiger charge is -2.29. The molecule has 1 heterocycles. The third kappa shape index (κ3) is 4.49. The molecule has 22 heavy (non-hydrogen) atoms. The average Bonchev–Trinajstić information content (AvgIpc) is 2.44. The lowest BCUT2D eigenvalue weighted by molar-refractivity contribution is 0.215. The summed E-state index contributed by atoms with van der Waals surface area (Å²) in [5.41, 5.74) is 2.97. The predicted molar refractivity (Wildman–Crippen MR) is 94.9 cm³/mol. The van der Waals surface area contributed by atoms with E-state index >= 15 is 0 Å². The van der Waals surface area contributed by atoms with Gasteiger partial charge >= 0.3 is 0 Å². The van der Waals surface area contributed by atoms with Gasteiger partial charge in [0.15, 0.2) is 0 Å². The molecule has 2 rings (SSSR count). The van der Waals surface area contributed by atoms with Crippen molar-refractivity contribution in [1.29, 1.82) is 0 Å². The average molecular weight is 303 g/mol. The molecule has 1 aliphatic rings. The SMILES string of the molecule is CC(C)(C)c1ccc(OC[C@H]2CCCNC2)c(C(C)(C)C)c1. The Morgan fingerprint density at radius 1 is 1.09 bits per heavy atom. The van der Waals surface area contributed by atoms with Gasteiger partial charge in [-0.05, 0) is 47.4 Å². The Morgan fingerprint density at radius 3 is 2.36 bits per heavy atom. The largest absolute Gasteiger partial charge is 0.493 e. The number of benzene rings is 1. The minimum absolute atomic E-state index is 0.0986. The molecule has 2 heteroatoms. The van der Waals surface area contributed by atoms with E-state index in [0.717, 1.165) is 25.4 Å². The van der Waals surface area contributed by atoms with E-state index in [0.29, 0.717) is 5.92 Å². The fraction of sp³-hybridized carbons (Fsp3) is 0.700. The fourth-order valence-corrected chi connectivity index (χ4v) is 2.98. The van der Waals surface area contributed by atoms with Crippen LogP contribution in [0.2, 0.25) is 0 Å². The fourth-order valence-electron chi connectivity index (χ4n) is 2.98. The topological polar surface area (TPSA) is 21.3 Å². The lowest BCUT2D eigenvalue weighted by atomic mass is 9.80. The first-order chi connectivity index (χ1) is 10.2. The highest BCUT2D eigenvalue weighted by molar-refractivity contribution is 5.43. The summed E-state index contributed by atoms with van der Waals surface area (Å²) < 4.78 is 6.23. The van der Waals surface area contributed by atoms with Gasteiger partial charge in [-0.25, -0.2) is 0 Å². The Bertz CT molecular complexity index is 487. The molecule has 1 N–H and O–H groups in total. The summed E-state index contributed by atoms with van der Waals surface area (Å²) in [6.07, 6.45) is 2.54. The van der Waals surface area contributed by atoms with Crippen molar-refractivity contribution in [3.63, 3.8) is 0 Å². The van der Waals surface area contributed by atoms with Gasteiger partial charge in [0.2, 0.25) is 0 Å². The number of ether oxygens (including phenoxy) is 1. The van der Waals surface area contributed by atoms with Gasteiger partial charge in [0.1, 0.15) is 5.75 Å². The molecule has 1 aliphatic heterocycles. The molecule has 1 aromatic rings. The highest BCUT2D eigenvalue weighted by Gasteiger charge is 2.23. The summed E-state index contributed by atoms with van der Waals surface area (Å²) in [4.78, 5) is 0. The lowest BCUT2D eigenvalue weighted by Crippen LogP contribution is -2.33. The van der Waals surface area contributed by atoms with Crippen LogP contribution in [0.1, 0.15) is 65.5 Å². The molecule has 0 unspecified atom stereocenters. The van der Waals surface area contributed by atoms with E-state index in [2.05, 4.69) is 65.1 Å². The van der Waals surface area contributed by atoms with Crippen molar-refractivity contribution in [3.8, 4) is 5.75 Å². The molecular formula is C20H33NO. The number of rotatable bonds is 3. The molecule has 124 valence electrons. The number of nitrogens with one attached hydrogen (secondary N) is 1. The van der Waals surface area contributed by atoms with Gasteiger partial charge in [-0.1, -0.05) is 53.7 Å². The molecule has 0 radical (unpaired) electrons. The summed E-state index contributed by atoms with van der Waals surface area (Å²) in [5.74, 6) is 1.70. The summed E-state index contributed by atoms with van der Waals surface area (Å²) in [5, 5.41) is 3.46. The first-order valence-corrected chi connectivity index (χ1v) is 8.66. The molecule has 2 nitrogen and oxygen atoms in total. The number of hydrogen-bond donors (Lipinski definition) is 1. The van der Waals surface area contributed by atoms with E-state index in [1.807, 2.05) is 0 Å². The second-order valence-corrected chi connectivity index (χ2v) is 8.73. The van der Waals surface area contributed by atoms with Gasteiger partial charge in [-0.15, -0.1) is 0 Å². The number of hydrogen-bond acceptors (Lipinski definition) is 2. The molecular weight excluding hydrogens is 270 g/mol. The normalized spacial score (nSPS) is 20.0. The van der Waals surface area contributed by atoms with E-state index in [1.54, 1.807) is 0 Å². The number of piperidine rings is 1. The molecule has 0 aromatic heterocycles. The second kappa shape index (κ2) is 6.62. The Kier molecular flexibility index (Phi) is 5.21. The van der Waals surface area contributed by atoms with Crippen LogP contribution in [0, 0.1) is 5.92 Å². The van der Waals surface area contributed by atoms with Crippen LogP contribution in [-0.4, -0.2) is 19.7 Å². The van der Waals surface area contributed by atoms with Gasteiger partial charge in [0, 0.05) is 12.5 Å². The molecule has 1 fully saturated rings. The van der Waals surface area contributed by atoms with Crippen LogP contribution in [-0.2, 0) is 10.8 Å². The van der Waals surface area contributed by atoms with Gasteiger partial charge in [-0.3, -0.25) is 0 Å². The van der Waals surface area contributed by atoms with Crippen molar-refractivity contribution in [1.82, 2.24) is 5.32 Å². The van der Waals surface area contributed by atoms with E-state index < -0.39 is 0 Å². The Hall–Kier alpha value is -1.02. The van der Waals surface area contributed by atoms with E-state index in [9.17, 15) is 0 Å². The third-order valence-corrected chi connectivity index (χ3v) is 4.53. The molecule has 0 bridgehead atoms. The molecule has 0 amide bonds. The van der Waals surface area contributed by atoms with Crippen LogP contribution in [0.15, 0.2) is 18.2 Å². The monoisotopic (exact) mass is 303 g/mol. The molecule has 1 saturated heterocycles. The van der Waals surface area contributed by atoms with Gasteiger partial charge in [0.25, 0.3) is 0 Å². The van der Waals surface area contributed by atoms with Crippen molar-refractivity contribution in [2.75, 3.05) is 19.7 Å². The molecule has 0 saturated carbocycles. The van der Waals surface area contributed by atoms with Crippen molar-refractivity contribution >= 4 is 0 Å². The highest BCUT2D eigenvalue weighted by Crippen LogP contribution is 2.35. The maximum Gasteiger partial charge on any atom is 0.123 e. The first kappa shape index (κ1) is 17.3. The minimum atomic E-state index is 0.0986. The van der Waals surface area contributed by atoms with Crippen LogP contribution < -0.4 is 10.1 Å². The van der Waals surface area contributed by atoms with E-state index in [1.165, 1.54) is 24.0 Å². The van der Waals surface area contributed by atoms with Crippen LogP contribution in [0.4, 0.5) is 0 Å². The van der Waals surface area contributed by atoms with E-state index in [4.69, 9.17) is 4.74 Å².